The van der Waals surface area contributed by atoms with E-state index in [1.54, 1.807) is 40.2 Å². The van der Waals surface area contributed by atoms with E-state index in [-0.39, 0.29) is 42.5 Å². The van der Waals surface area contributed by atoms with E-state index in [9.17, 15) is 22.8 Å². The minimum atomic E-state index is -0.376. The molecule has 0 fully saturated rings. The normalized spacial score (nSPS) is 10.1. The number of ether oxygens (including phenoxy) is 4. The summed E-state index contributed by atoms with van der Waals surface area (Å²) in [5, 5.41) is 2.22. The number of terminal acetylenes is 2. The highest BCUT2D eigenvalue weighted by Gasteiger charge is 2.10. The molecule has 468 valence electrons. The lowest BCUT2D eigenvalue weighted by Crippen LogP contribution is -2.27. The van der Waals surface area contributed by atoms with E-state index in [0.717, 1.165) is 84.8 Å². The fourth-order valence-electron chi connectivity index (χ4n) is 8.27. The van der Waals surface area contributed by atoms with Crippen LogP contribution in [0.1, 0.15) is 47.5 Å². The molecule has 4 aromatic carbocycles. The maximum atomic E-state index is 13.2. The summed E-state index contributed by atoms with van der Waals surface area (Å²) in [5.74, 6) is 15.8. The minimum Gasteiger partial charge on any atom is -0.465 e. The Kier molecular flexibility index (Phi) is 27.9. The maximum absolute atomic E-state index is 13.2. The molecule has 6 heterocycles. The summed E-state index contributed by atoms with van der Waals surface area (Å²) in [5.41, 5.74) is 10.9. The fourth-order valence-corrected chi connectivity index (χ4v) is 8.86. The van der Waals surface area contributed by atoms with Crippen molar-refractivity contribution in [3.8, 4) is 48.4 Å². The first kappa shape index (κ1) is 69.9. The Bertz CT molecular complexity index is 4180. The first-order chi connectivity index (χ1) is 43.9. The summed E-state index contributed by atoms with van der Waals surface area (Å²) < 4.78 is 59.8. The molecular formula is C71H70F3IN10O6. The van der Waals surface area contributed by atoms with Crippen LogP contribution in [-0.2, 0) is 28.5 Å². The Balaban J connectivity index is 0.000000187. The predicted octanol–water partition coefficient (Wildman–Crippen LogP) is 12.0. The number of methoxy groups -OCH3 is 2. The standard InChI is InChI=1S/C20H18FN3O2.C19H18FN3O.C13H15NO2.C12H15NO.C7H4FIN2/c1-3-26-19(25)13-24(2)18-8-5-14(6-9-18)4-7-17-11-15-10-16(21)12-22-20(15)23-17;1-23(9-10-24-2)18-7-4-14(5-8-18)3-6-17-12-15-11-16(20)13-21-19(15)22-17;1-4-11-6-8-12(9-7-11)14(3)10-13(15)16-5-2;1-4-11-5-7-12(8-6-11)13(2)9-10-14-3;8-5-1-4-2-6(9)11-7(4)10-3-5/h5-6,8-12H,3,13H2,1-2H3,(H,22,23);4-5,7-8,11-13H,9-10H2,1-2H3,(H,21,22);1,6-9H,5,10H2,2-3H3;1,5-8H,9-10H2,2-3H3;1-3H,(H,10,11). The lowest BCUT2D eigenvalue weighted by molar-refractivity contribution is -0.142. The van der Waals surface area contributed by atoms with E-state index in [2.05, 4.69) is 97.8 Å². The summed E-state index contributed by atoms with van der Waals surface area (Å²) in [6.45, 7) is 7.91. The molecule has 0 amide bonds. The molecule has 6 aromatic heterocycles. The quantitative estimate of drug-likeness (QED) is 0.0475. The number of nitrogens with zero attached hydrogens (tertiary/aromatic N) is 7. The lowest BCUT2D eigenvalue weighted by atomic mass is 10.2. The number of esters is 2. The van der Waals surface area contributed by atoms with Gasteiger partial charge in [0.1, 0.15) is 47.5 Å². The first-order valence-electron chi connectivity index (χ1n) is 28.5. The van der Waals surface area contributed by atoms with Gasteiger partial charge in [-0.2, -0.15) is 0 Å². The highest BCUT2D eigenvalue weighted by atomic mass is 127. The van der Waals surface area contributed by atoms with Crippen LogP contribution in [0.2, 0.25) is 0 Å². The van der Waals surface area contributed by atoms with Crippen LogP contribution < -0.4 is 19.6 Å². The number of rotatable bonds is 16. The molecule has 0 saturated heterocycles. The van der Waals surface area contributed by atoms with Crippen LogP contribution in [0.15, 0.2) is 152 Å². The van der Waals surface area contributed by atoms with Crippen LogP contribution in [0, 0.1) is 69.5 Å². The van der Waals surface area contributed by atoms with Crippen molar-refractivity contribution in [1.29, 1.82) is 0 Å². The van der Waals surface area contributed by atoms with Crippen molar-refractivity contribution in [3.05, 3.63) is 207 Å². The van der Waals surface area contributed by atoms with Gasteiger partial charge in [0, 0.05) is 117 Å². The van der Waals surface area contributed by atoms with Gasteiger partial charge in [-0.25, -0.2) is 28.1 Å². The largest absolute Gasteiger partial charge is 0.465 e. The van der Waals surface area contributed by atoms with Crippen LogP contribution in [-0.4, -0.2) is 137 Å². The third kappa shape index (κ3) is 23.0. The molecule has 20 heteroatoms. The second kappa shape index (κ2) is 36.3. The zero-order valence-electron chi connectivity index (χ0n) is 51.8. The number of anilines is 4. The van der Waals surface area contributed by atoms with Crippen molar-refractivity contribution in [2.75, 3.05) is 115 Å². The number of H-pyrrole nitrogens is 3. The van der Waals surface area contributed by atoms with Gasteiger partial charge < -0.3 is 53.5 Å². The molecule has 0 spiro atoms. The van der Waals surface area contributed by atoms with E-state index in [1.807, 2.05) is 141 Å². The molecule has 10 aromatic rings. The molecule has 0 unspecified atom stereocenters. The Morgan fingerprint density at radius 1 is 0.473 bits per heavy atom. The van der Waals surface area contributed by atoms with Crippen LogP contribution in [0.4, 0.5) is 35.9 Å². The number of benzene rings is 4. The van der Waals surface area contributed by atoms with E-state index in [0.29, 0.717) is 47.9 Å². The molecule has 91 heavy (non-hydrogen) atoms. The number of pyridine rings is 3. The molecule has 0 saturated carbocycles. The Hall–Kier alpha value is -10.2. The summed E-state index contributed by atoms with van der Waals surface area (Å²) >= 11 is 2.13. The SMILES string of the molecule is C#Cc1ccc(N(C)CC(=O)OCC)cc1.C#Cc1ccc(N(C)CCOC)cc1.CCOC(=O)CN(C)c1ccc(C#Cc2cc3cc(F)cnc3[nH]2)cc1.COCCN(C)c1ccc(C#Cc2cc3cc(F)cnc3[nH]2)cc1.Fc1cnc2[nH]c(I)cc2c1. The molecule has 0 bridgehead atoms. The summed E-state index contributed by atoms with van der Waals surface area (Å²) in [6.07, 6.45) is 14.1. The molecule has 0 atom stereocenters. The van der Waals surface area contributed by atoms with Crippen molar-refractivity contribution in [3.63, 3.8) is 0 Å². The molecule has 0 aliphatic heterocycles. The summed E-state index contributed by atoms with van der Waals surface area (Å²) in [6, 6.07) is 40.7. The van der Waals surface area contributed by atoms with Crippen LogP contribution in [0.3, 0.4) is 0 Å². The van der Waals surface area contributed by atoms with Crippen LogP contribution in [0.5, 0.6) is 0 Å². The second-order valence-corrected chi connectivity index (χ2v) is 21.0. The average Bonchev–Trinajstić information content (AvgIpc) is 2.19. The van der Waals surface area contributed by atoms with E-state index < -0.39 is 0 Å². The highest BCUT2D eigenvalue weighted by Crippen LogP contribution is 2.20. The number of fused-ring (bicyclic) bond motifs is 3. The molecule has 0 aliphatic carbocycles. The van der Waals surface area contributed by atoms with Crippen molar-refractivity contribution in [2.45, 2.75) is 13.8 Å². The Labute approximate surface area is 542 Å². The summed E-state index contributed by atoms with van der Waals surface area (Å²) in [4.78, 5) is 51.6. The smallest absolute Gasteiger partial charge is 0.325 e. The lowest BCUT2D eigenvalue weighted by Gasteiger charge is -2.18. The number of aromatic nitrogens is 6. The molecule has 0 radical (unpaired) electrons. The molecule has 10 rings (SSSR count). The van der Waals surface area contributed by atoms with Crippen molar-refractivity contribution < 1.29 is 41.7 Å². The number of hydrogen-bond donors (Lipinski definition) is 3. The second-order valence-electron chi connectivity index (χ2n) is 19.9. The number of likely N-dealkylation sites (N-methyl/N-ethyl adjacent to an activating group) is 4. The molecule has 0 aliphatic rings. The van der Waals surface area contributed by atoms with Gasteiger partial charge in [-0.05, 0) is 182 Å². The monoisotopic (exact) mass is 1340 g/mol. The predicted molar refractivity (Wildman–Crippen MR) is 365 cm³/mol. The topological polar surface area (TPSA) is 170 Å². The van der Waals surface area contributed by atoms with Gasteiger partial charge in [0.2, 0.25) is 0 Å². The molecular weight excluding hydrogens is 1270 g/mol. The van der Waals surface area contributed by atoms with Gasteiger partial charge >= 0.3 is 11.9 Å². The van der Waals surface area contributed by atoms with E-state index in [4.69, 9.17) is 31.8 Å². The third-order valence-corrected chi connectivity index (χ3v) is 13.7. The number of halogens is 4. The van der Waals surface area contributed by atoms with Crippen LogP contribution in [0.25, 0.3) is 33.1 Å². The Morgan fingerprint density at radius 3 is 1.12 bits per heavy atom. The van der Waals surface area contributed by atoms with E-state index >= 15 is 0 Å². The number of carbonyl (C=O) groups is 2. The maximum Gasteiger partial charge on any atom is 0.325 e. The minimum absolute atomic E-state index is 0.192. The molecule has 16 nitrogen and oxygen atoms in total. The van der Waals surface area contributed by atoms with Gasteiger partial charge in [-0.15, -0.1) is 12.8 Å². The third-order valence-electron chi connectivity index (χ3n) is 13.1. The van der Waals surface area contributed by atoms with Crippen molar-refractivity contribution in [2.24, 2.45) is 0 Å². The number of carbonyl (C=O) groups excluding carboxylic acids is 2. The van der Waals surface area contributed by atoms with Crippen molar-refractivity contribution in [1.82, 2.24) is 29.9 Å². The average molecular weight is 1340 g/mol. The fraction of sp³-hybridized carbons (Fsp3) is 0.225. The van der Waals surface area contributed by atoms with Gasteiger partial charge in [0.05, 0.1) is 60.1 Å². The number of hydrogen-bond acceptors (Lipinski definition) is 13. The number of aromatic amines is 3. The zero-order chi connectivity index (χ0) is 65.7. The number of nitrogens with one attached hydrogen (secondary N) is 3. The Morgan fingerprint density at radius 2 is 0.791 bits per heavy atom. The van der Waals surface area contributed by atoms with Crippen LogP contribution >= 0.6 is 22.6 Å². The van der Waals surface area contributed by atoms with Gasteiger partial charge in [-0.1, -0.05) is 23.7 Å². The highest BCUT2D eigenvalue weighted by molar-refractivity contribution is 14.1. The molecule has 3 N–H and O–H groups in total. The van der Waals surface area contributed by atoms with Crippen molar-refractivity contribution >= 4 is 90.4 Å². The van der Waals surface area contributed by atoms with E-state index in [1.165, 1.54) is 36.8 Å². The first-order valence-corrected chi connectivity index (χ1v) is 29.6. The van der Waals surface area contributed by atoms with Gasteiger partial charge in [-0.3, -0.25) is 9.59 Å². The van der Waals surface area contributed by atoms with Gasteiger partial charge in [0.15, 0.2) is 0 Å². The summed E-state index contributed by atoms with van der Waals surface area (Å²) in [7, 11) is 11.1. The zero-order valence-corrected chi connectivity index (χ0v) is 54.0. The van der Waals surface area contributed by atoms with Gasteiger partial charge in [0.25, 0.3) is 0 Å².